The first-order valence-electron chi connectivity index (χ1n) is 7.24. The molecular formula is C17H12N4O3S. The number of hydrogen-bond acceptors (Lipinski definition) is 6. The fourth-order valence-corrected chi connectivity index (χ4v) is 2.78. The molecule has 0 saturated heterocycles. The van der Waals surface area contributed by atoms with E-state index in [1.54, 1.807) is 12.1 Å². The molecule has 3 rings (SSSR count). The summed E-state index contributed by atoms with van der Waals surface area (Å²) in [7, 11) is 0. The Morgan fingerprint density at radius 2 is 1.92 bits per heavy atom. The predicted molar refractivity (Wildman–Crippen MR) is 96.1 cm³/mol. The number of non-ortho nitro benzene ring substituents is 1. The lowest BCUT2D eigenvalue weighted by molar-refractivity contribution is -0.384. The maximum atomic E-state index is 12.0. The van der Waals surface area contributed by atoms with Crippen molar-refractivity contribution in [3.05, 3.63) is 76.4 Å². The van der Waals surface area contributed by atoms with E-state index in [2.05, 4.69) is 15.5 Å². The molecule has 0 aliphatic rings. The molecule has 0 unspecified atom stereocenters. The first-order valence-corrected chi connectivity index (χ1v) is 8.06. The number of amides is 1. The molecule has 0 atom stereocenters. The Hall–Kier alpha value is -3.39. The minimum Gasteiger partial charge on any atom is -0.297 e. The highest BCUT2D eigenvalue weighted by Gasteiger charge is 2.08. The van der Waals surface area contributed by atoms with E-state index in [1.165, 1.54) is 35.6 Å². The van der Waals surface area contributed by atoms with Crippen molar-refractivity contribution < 1.29 is 9.72 Å². The van der Waals surface area contributed by atoms with Crippen LogP contribution in [-0.2, 0) is 4.79 Å². The molecule has 0 bridgehead atoms. The lowest BCUT2D eigenvalue weighted by atomic mass is 10.2. The molecule has 0 radical (unpaired) electrons. The Morgan fingerprint density at radius 1 is 1.12 bits per heavy atom. The number of carbonyl (C=O) groups is 1. The van der Waals surface area contributed by atoms with Crippen LogP contribution >= 0.6 is 11.3 Å². The Kier molecular flexibility index (Phi) is 4.91. The zero-order valence-corrected chi connectivity index (χ0v) is 13.6. The van der Waals surface area contributed by atoms with Crippen molar-refractivity contribution in [3.8, 4) is 10.6 Å². The van der Waals surface area contributed by atoms with Gasteiger partial charge in [-0.05, 0) is 11.6 Å². The first kappa shape index (κ1) is 16.5. The molecule has 0 saturated carbocycles. The summed E-state index contributed by atoms with van der Waals surface area (Å²) in [6.45, 7) is 0. The van der Waals surface area contributed by atoms with Gasteiger partial charge in [-0.1, -0.05) is 53.8 Å². The molecule has 1 aromatic heterocycles. The summed E-state index contributed by atoms with van der Waals surface area (Å²) in [6.07, 6.45) is 2.80. The highest BCUT2D eigenvalue weighted by Crippen LogP contribution is 2.25. The lowest BCUT2D eigenvalue weighted by Crippen LogP contribution is -2.07. The smallest absolute Gasteiger partial charge is 0.270 e. The SMILES string of the molecule is O=C(/C=C/c1cccc([N+](=O)[O-])c1)Nc1nnc(-c2ccccc2)s1. The van der Waals surface area contributed by atoms with Crippen LogP contribution in [0.3, 0.4) is 0 Å². The Bertz CT molecular complexity index is 938. The van der Waals surface area contributed by atoms with Gasteiger partial charge < -0.3 is 0 Å². The molecule has 7 nitrogen and oxygen atoms in total. The Balaban J connectivity index is 1.66. The van der Waals surface area contributed by atoms with Gasteiger partial charge >= 0.3 is 0 Å². The van der Waals surface area contributed by atoms with Crippen molar-refractivity contribution in [2.75, 3.05) is 5.32 Å². The Morgan fingerprint density at radius 3 is 2.68 bits per heavy atom. The molecule has 1 N–H and O–H groups in total. The van der Waals surface area contributed by atoms with Crippen LogP contribution in [0.4, 0.5) is 10.8 Å². The van der Waals surface area contributed by atoms with E-state index in [0.29, 0.717) is 15.7 Å². The summed E-state index contributed by atoms with van der Waals surface area (Å²) >= 11 is 1.26. The number of nitro groups is 1. The quantitative estimate of drug-likeness (QED) is 0.428. The van der Waals surface area contributed by atoms with Crippen molar-refractivity contribution in [3.63, 3.8) is 0 Å². The monoisotopic (exact) mass is 352 g/mol. The molecule has 0 fully saturated rings. The third-order valence-corrected chi connectivity index (χ3v) is 4.07. The van der Waals surface area contributed by atoms with E-state index < -0.39 is 4.92 Å². The summed E-state index contributed by atoms with van der Waals surface area (Å²) in [6, 6.07) is 15.6. The minimum atomic E-state index is -0.482. The number of nitro benzene ring substituents is 1. The fraction of sp³-hybridized carbons (Fsp3) is 0. The largest absolute Gasteiger partial charge is 0.297 e. The van der Waals surface area contributed by atoms with Crippen molar-refractivity contribution >= 4 is 34.1 Å². The third-order valence-electron chi connectivity index (χ3n) is 3.18. The summed E-state index contributed by atoms with van der Waals surface area (Å²) in [4.78, 5) is 22.2. The van der Waals surface area contributed by atoms with Crippen molar-refractivity contribution in [1.29, 1.82) is 0 Å². The normalized spacial score (nSPS) is 10.7. The first-order chi connectivity index (χ1) is 12.1. The van der Waals surface area contributed by atoms with Crippen LogP contribution in [0.1, 0.15) is 5.56 Å². The third kappa shape index (κ3) is 4.33. The van der Waals surface area contributed by atoms with Gasteiger partial charge in [0.05, 0.1) is 4.92 Å². The summed E-state index contributed by atoms with van der Waals surface area (Å²) in [5.41, 5.74) is 1.46. The minimum absolute atomic E-state index is 0.0285. The zero-order chi connectivity index (χ0) is 17.6. The van der Waals surface area contributed by atoms with E-state index in [-0.39, 0.29) is 11.6 Å². The van der Waals surface area contributed by atoms with Gasteiger partial charge in [0.1, 0.15) is 5.01 Å². The number of carbonyl (C=O) groups excluding carboxylic acids is 1. The molecule has 1 amide bonds. The molecule has 0 spiro atoms. The molecule has 2 aromatic carbocycles. The lowest BCUT2D eigenvalue weighted by Gasteiger charge is -1.96. The van der Waals surface area contributed by atoms with Gasteiger partial charge in [-0.2, -0.15) is 0 Å². The highest BCUT2D eigenvalue weighted by molar-refractivity contribution is 7.18. The standard InChI is InChI=1S/C17H12N4O3S/c22-15(10-9-12-5-4-8-14(11-12)21(23)24)18-17-20-19-16(25-17)13-6-2-1-3-7-13/h1-11H,(H,18,20,22)/b10-9+. The molecule has 1 heterocycles. The summed E-state index contributed by atoms with van der Waals surface area (Å²) < 4.78 is 0. The van der Waals surface area contributed by atoms with E-state index in [4.69, 9.17) is 0 Å². The number of benzene rings is 2. The van der Waals surface area contributed by atoms with Crippen LogP contribution in [0.2, 0.25) is 0 Å². The second-order valence-electron chi connectivity index (χ2n) is 4.95. The number of nitrogens with zero attached hydrogens (tertiary/aromatic N) is 3. The van der Waals surface area contributed by atoms with Gasteiger partial charge in [-0.25, -0.2) is 0 Å². The average molecular weight is 352 g/mol. The van der Waals surface area contributed by atoms with Gasteiger partial charge in [-0.3, -0.25) is 20.2 Å². The van der Waals surface area contributed by atoms with Crippen LogP contribution in [0.15, 0.2) is 60.7 Å². The molecule has 3 aromatic rings. The number of anilines is 1. The maximum absolute atomic E-state index is 12.0. The zero-order valence-electron chi connectivity index (χ0n) is 12.8. The number of aromatic nitrogens is 2. The summed E-state index contributed by atoms with van der Waals surface area (Å²) in [5.74, 6) is -0.387. The van der Waals surface area contributed by atoms with E-state index in [0.717, 1.165) is 5.56 Å². The highest BCUT2D eigenvalue weighted by atomic mass is 32.1. The van der Waals surface area contributed by atoms with Crippen LogP contribution in [0, 0.1) is 10.1 Å². The van der Waals surface area contributed by atoms with E-state index >= 15 is 0 Å². The molecule has 8 heteroatoms. The average Bonchev–Trinajstić information content (AvgIpc) is 3.09. The summed E-state index contributed by atoms with van der Waals surface area (Å²) in [5, 5.41) is 22.4. The topological polar surface area (TPSA) is 98.0 Å². The van der Waals surface area contributed by atoms with Crippen LogP contribution in [0.25, 0.3) is 16.6 Å². The fourth-order valence-electron chi connectivity index (χ4n) is 2.03. The van der Waals surface area contributed by atoms with Crippen molar-refractivity contribution in [2.24, 2.45) is 0 Å². The van der Waals surface area contributed by atoms with Gasteiger partial charge in [-0.15, -0.1) is 10.2 Å². The van der Waals surface area contributed by atoms with Gasteiger partial charge in [0.25, 0.3) is 5.69 Å². The second-order valence-corrected chi connectivity index (χ2v) is 5.93. The molecule has 124 valence electrons. The maximum Gasteiger partial charge on any atom is 0.270 e. The number of hydrogen-bond donors (Lipinski definition) is 1. The van der Waals surface area contributed by atoms with E-state index in [9.17, 15) is 14.9 Å². The van der Waals surface area contributed by atoms with Gasteiger partial charge in [0.15, 0.2) is 0 Å². The molecule has 25 heavy (non-hydrogen) atoms. The molecule has 0 aliphatic carbocycles. The molecular weight excluding hydrogens is 340 g/mol. The van der Waals surface area contributed by atoms with Gasteiger partial charge in [0.2, 0.25) is 11.0 Å². The van der Waals surface area contributed by atoms with Crippen molar-refractivity contribution in [2.45, 2.75) is 0 Å². The number of nitrogens with one attached hydrogen (secondary N) is 1. The van der Waals surface area contributed by atoms with Crippen LogP contribution < -0.4 is 5.32 Å². The van der Waals surface area contributed by atoms with Gasteiger partial charge in [0, 0.05) is 23.8 Å². The van der Waals surface area contributed by atoms with Crippen LogP contribution in [0.5, 0.6) is 0 Å². The van der Waals surface area contributed by atoms with Crippen molar-refractivity contribution in [1.82, 2.24) is 10.2 Å². The second kappa shape index (κ2) is 7.45. The van der Waals surface area contributed by atoms with E-state index in [1.807, 2.05) is 30.3 Å². The Labute approximate surface area is 146 Å². The van der Waals surface area contributed by atoms with Crippen LogP contribution in [-0.4, -0.2) is 21.0 Å². The number of rotatable bonds is 5. The molecule has 0 aliphatic heterocycles. The predicted octanol–water partition coefficient (Wildman–Crippen LogP) is 3.77.